The lowest BCUT2D eigenvalue weighted by Crippen LogP contribution is -2.42. The molecule has 2 heterocycles. The zero-order valence-corrected chi connectivity index (χ0v) is 20.1. The van der Waals surface area contributed by atoms with E-state index in [1.54, 1.807) is 0 Å². The van der Waals surface area contributed by atoms with E-state index in [1.807, 2.05) is 6.07 Å². The van der Waals surface area contributed by atoms with Gasteiger partial charge in [0.05, 0.1) is 12.8 Å². The largest absolute Gasteiger partial charge is 0.481 e. The highest BCUT2D eigenvalue weighted by molar-refractivity contribution is 6.32. The first-order chi connectivity index (χ1) is 16.4. The molecule has 186 valence electrons. The topological polar surface area (TPSA) is 140 Å². The molecule has 0 amide bonds. The minimum atomic E-state index is -2.74. The lowest BCUT2D eigenvalue weighted by atomic mass is 9.96. The summed E-state index contributed by atoms with van der Waals surface area (Å²) in [4.78, 5) is 32.7. The molecule has 3 aromatic rings. The Morgan fingerprint density at radius 1 is 1.03 bits per heavy atom. The molecule has 9 nitrogen and oxygen atoms in total. The van der Waals surface area contributed by atoms with Gasteiger partial charge in [-0.3, -0.25) is 9.59 Å². The number of rotatable bonds is 8. The fourth-order valence-corrected chi connectivity index (χ4v) is 4.40. The van der Waals surface area contributed by atoms with Gasteiger partial charge >= 0.3 is 17.9 Å². The first-order valence-electron chi connectivity index (χ1n) is 10.9. The number of fused-ring (bicyclic) bond motifs is 5. The summed E-state index contributed by atoms with van der Waals surface area (Å²) in [5, 5.41) is 36.0. The first-order valence-corrected chi connectivity index (χ1v) is 11.2. The summed E-state index contributed by atoms with van der Waals surface area (Å²) in [6.45, 7) is 1.97. The molecule has 0 spiro atoms. The minimum absolute atomic E-state index is 0.881. The molecule has 0 fully saturated rings. The van der Waals surface area contributed by atoms with Crippen molar-refractivity contribution in [2.45, 2.75) is 31.4 Å². The molecule has 4 N–H and O–H groups in total. The number of carboxylic acid groups (broad SMARTS) is 3. The number of hydrogen-bond donors (Lipinski definition) is 4. The van der Waals surface area contributed by atoms with Crippen molar-refractivity contribution in [3.63, 3.8) is 0 Å². The van der Waals surface area contributed by atoms with Crippen LogP contribution in [0.4, 0.5) is 0 Å². The fraction of sp³-hybridized carbons (Fsp3) is 0.320. The molecular formula is C25H27ClN2O7. The first kappa shape index (κ1) is 26.2. The molecule has 1 aliphatic rings. The summed E-state index contributed by atoms with van der Waals surface area (Å²) in [6, 6.07) is 15.2. The van der Waals surface area contributed by atoms with Gasteiger partial charge in [0.25, 0.3) is 0 Å². The maximum absolute atomic E-state index is 10.3. The third-order valence-corrected chi connectivity index (χ3v) is 6.21. The van der Waals surface area contributed by atoms with Gasteiger partial charge in [0.15, 0.2) is 5.60 Å². The normalized spacial score (nSPS) is 12.1. The highest BCUT2D eigenvalue weighted by Gasteiger charge is 2.40. The van der Waals surface area contributed by atoms with Crippen molar-refractivity contribution in [3.8, 4) is 11.3 Å². The van der Waals surface area contributed by atoms with Gasteiger partial charge in [-0.25, -0.2) is 4.79 Å². The molecular weight excluding hydrogens is 476 g/mol. The van der Waals surface area contributed by atoms with Crippen molar-refractivity contribution in [1.29, 1.82) is 0 Å². The summed E-state index contributed by atoms with van der Waals surface area (Å²) < 4.78 is 2.41. The molecule has 10 heteroatoms. The van der Waals surface area contributed by atoms with Gasteiger partial charge in [-0.2, -0.15) is 0 Å². The molecule has 1 aromatic heterocycles. The molecule has 4 rings (SSSR count). The Hall–Kier alpha value is -3.40. The SMILES string of the molecule is CN(C)CCc1c(Cl)ccc2c1cc1n2Cc2ccccc2-1.O=C(O)CC(O)(CC(=O)O)C(=O)O. The Balaban J connectivity index is 0.000000228. The summed E-state index contributed by atoms with van der Waals surface area (Å²) in [5.41, 5.74) is 3.91. The number of benzene rings is 2. The quantitative estimate of drug-likeness (QED) is 0.288. The van der Waals surface area contributed by atoms with Crippen molar-refractivity contribution < 1.29 is 34.8 Å². The van der Waals surface area contributed by atoms with Crippen molar-refractivity contribution >= 4 is 40.4 Å². The lowest BCUT2D eigenvalue weighted by Gasteiger charge is -2.18. The van der Waals surface area contributed by atoms with Crippen molar-refractivity contribution in [2.24, 2.45) is 0 Å². The number of aliphatic carboxylic acids is 3. The lowest BCUT2D eigenvalue weighted by molar-refractivity contribution is -0.170. The molecule has 0 aliphatic carbocycles. The summed E-state index contributed by atoms with van der Waals surface area (Å²) in [7, 11) is 4.20. The van der Waals surface area contributed by atoms with E-state index in [0.29, 0.717) is 0 Å². The van der Waals surface area contributed by atoms with E-state index >= 15 is 0 Å². The summed E-state index contributed by atoms with van der Waals surface area (Å²) in [6.07, 6.45) is -1.31. The van der Waals surface area contributed by atoms with E-state index in [2.05, 4.69) is 60.0 Å². The van der Waals surface area contributed by atoms with E-state index in [9.17, 15) is 14.4 Å². The maximum atomic E-state index is 10.3. The van der Waals surface area contributed by atoms with Crippen LogP contribution in [0.3, 0.4) is 0 Å². The third kappa shape index (κ3) is 5.82. The Kier molecular flexibility index (Phi) is 7.84. The summed E-state index contributed by atoms with van der Waals surface area (Å²) >= 11 is 6.48. The number of hydrogen-bond acceptors (Lipinski definition) is 5. The van der Waals surface area contributed by atoms with Gasteiger partial charge in [0.2, 0.25) is 0 Å². The van der Waals surface area contributed by atoms with Gasteiger partial charge in [0.1, 0.15) is 0 Å². The number of halogens is 1. The number of carboxylic acids is 3. The van der Waals surface area contributed by atoms with Crippen LogP contribution in [0, 0.1) is 0 Å². The predicted octanol–water partition coefficient (Wildman–Crippen LogP) is 3.18. The highest BCUT2D eigenvalue weighted by atomic mass is 35.5. The summed E-state index contributed by atoms with van der Waals surface area (Å²) in [5.74, 6) is -5.02. The van der Waals surface area contributed by atoms with Crippen molar-refractivity contribution in [3.05, 3.63) is 58.6 Å². The van der Waals surface area contributed by atoms with Crippen LogP contribution in [-0.2, 0) is 27.3 Å². The number of likely N-dealkylation sites (N-methyl/N-ethyl adjacent to an activating group) is 1. The number of carbonyl (C=O) groups is 3. The molecule has 0 atom stereocenters. The van der Waals surface area contributed by atoms with E-state index < -0.39 is 36.4 Å². The maximum Gasteiger partial charge on any atom is 0.336 e. The van der Waals surface area contributed by atoms with Crippen LogP contribution in [0.1, 0.15) is 24.0 Å². The van der Waals surface area contributed by atoms with Gasteiger partial charge in [-0.05, 0) is 49.8 Å². The molecule has 2 aromatic carbocycles. The average molecular weight is 503 g/mol. The monoisotopic (exact) mass is 502 g/mol. The standard InChI is InChI=1S/C19H19ClN2.C6H8O7/c1-21(2)10-9-15-16-11-19-14-6-4-3-5-13(14)12-22(19)18(16)8-7-17(15)20;7-3(8)1-6(13,5(11)12)2-4(9)10/h3-8,11H,9-10,12H2,1-2H3;13H,1-2H2,(H,7,8)(H,9,10)(H,11,12). The van der Waals surface area contributed by atoms with Gasteiger partial charge in [0, 0.05) is 40.3 Å². The second-order valence-corrected chi connectivity index (χ2v) is 9.17. The van der Waals surface area contributed by atoms with Crippen LogP contribution in [-0.4, -0.2) is 74.0 Å². The predicted molar refractivity (Wildman–Crippen MR) is 131 cm³/mol. The average Bonchev–Trinajstić information content (AvgIpc) is 3.28. The third-order valence-electron chi connectivity index (χ3n) is 5.86. The number of aromatic nitrogens is 1. The van der Waals surface area contributed by atoms with Gasteiger partial charge in [-0.15, -0.1) is 0 Å². The Bertz CT molecular complexity index is 1270. The fourth-order valence-electron chi connectivity index (χ4n) is 4.14. The highest BCUT2D eigenvalue weighted by Crippen LogP contribution is 2.39. The van der Waals surface area contributed by atoms with Crippen LogP contribution < -0.4 is 0 Å². The van der Waals surface area contributed by atoms with Crippen LogP contribution in [0.2, 0.25) is 5.02 Å². The zero-order valence-electron chi connectivity index (χ0n) is 19.4. The smallest absolute Gasteiger partial charge is 0.336 e. The molecule has 0 saturated carbocycles. The molecule has 0 radical (unpaired) electrons. The Labute approximate surface area is 206 Å². The number of nitrogens with zero attached hydrogens (tertiary/aromatic N) is 2. The molecule has 35 heavy (non-hydrogen) atoms. The van der Waals surface area contributed by atoms with Crippen molar-refractivity contribution in [2.75, 3.05) is 20.6 Å². The molecule has 0 unspecified atom stereocenters. The molecule has 1 aliphatic heterocycles. The van der Waals surface area contributed by atoms with Crippen LogP contribution in [0.25, 0.3) is 22.2 Å². The zero-order chi connectivity index (χ0) is 25.9. The molecule has 0 saturated heterocycles. The van der Waals surface area contributed by atoms with Gasteiger partial charge in [-0.1, -0.05) is 35.9 Å². The van der Waals surface area contributed by atoms with Crippen LogP contribution >= 0.6 is 11.6 Å². The molecule has 0 bridgehead atoms. The second kappa shape index (κ2) is 10.5. The Morgan fingerprint density at radius 3 is 2.23 bits per heavy atom. The van der Waals surface area contributed by atoms with Gasteiger partial charge < -0.3 is 29.9 Å². The second-order valence-electron chi connectivity index (χ2n) is 8.76. The van der Waals surface area contributed by atoms with Crippen LogP contribution in [0.15, 0.2) is 42.5 Å². The van der Waals surface area contributed by atoms with Crippen molar-refractivity contribution in [1.82, 2.24) is 9.47 Å². The van der Waals surface area contributed by atoms with Crippen LogP contribution in [0.5, 0.6) is 0 Å². The van der Waals surface area contributed by atoms with E-state index in [4.69, 9.17) is 32.0 Å². The van der Waals surface area contributed by atoms with E-state index in [-0.39, 0.29) is 0 Å². The minimum Gasteiger partial charge on any atom is -0.481 e. The Morgan fingerprint density at radius 2 is 1.66 bits per heavy atom. The number of aliphatic hydroxyl groups is 1. The van der Waals surface area contributed by atoms with E-state index in [0.717, 1.165) is 24.5 Å². The van der Waals surface area contributed by atoms with E-state index in [1.165, 1.54) is 33.3 Å².